The van der Waals surface area contributed by atoms with Gasteiger partial charge >= 0.3 is 0 Å². The molecule has 1 N–H and O–H groups in total. The van der Waals surface area contributed by atoms with Crippen molar-refractivity contribution in [2.75, 3.05) is 5.32 Å². The molecule has 2 aromatic rings. The van der Waals surface area contributed by atoms with Gasteiger partial charge in [0, 0.05) is 12.4 Å². The van der Waals surface area contributed by atoms with Gasteiger partial charge < -0.3 is 5.32 Å². The summed E-state index contributed by atoms with van der Waals surface area (Å²) in [6.07, 6.45) is 3.06. The van der Waals surface area contributed by atoms with Crippen molar-refractivity contribution >= 4 is 11.6 Å². The lowest BCUT2D eigenvalue weighted by Gasteiger charge is -2.07. The molecule has 1 heterocycles. The predicted octanol–water partition coefficient (Wildman–Crippen LogP) is 2.65. The van der Waals surface area contributed by atoms with Gasteiger partial charge in [0.15, 0.2) is 0 Å². The molecule has 1 aromatic carbocycles. The first kappa shape index (κ1) is 12.7. The molecule has 94 valence electrons. The summed E-state index contributed by atoms with van der Waals surface area (Å²) in [5.74, 6) is -0.911. The van der Waals surface area contributed by atoms with Gasteiger partial charge in [-0.2, -0.15) is 5.26 Å². The molecule has 0 saturated heterocycles. The number of aromatic nitrogens is 1. The Hall–Kier alpha value is -2.74. The number of carbonyl (C=O) groups excluding carboxylic acids is 1. The average Bonchev–Trinajstić information content (AvgIpc) is 2.40. The number of halogens is 1. The van der Waals surface area contributed by atoms with Gasteiger partial charge in [-0.25, -0.2) is 4.39 Å². The Balaban J connectivity index is 2.27. The van der Waals surface area contributed by atoms with Crippen LogP contribution in [0.4, 0.5) is 10.1 Å². The molecule has 0 aliphatic rings. The highest BCUT2D eigenvalue weighted by atomic mass is 19.1. The van der Waals surface area contributed by atoms with Crippen molar-refractivity contribution in [1.82, 2.24) is 4.98 Å². The minimum atomic E-state index is -0.522. The quantitative estimate of drug-likeness (QED) is 0.897. The van der Waals surface area contributed by atoms with E-state index in [9.17, 15) is 9.18 Å². The number of carbonyl (C=O) groups is 1. The Kier molecular flexibility index (Phi) is 3.53. The molecule has 0 aliphatic carbocycles. The molecule has 1 aromatic heterocycles. The van der Waals surface area contributed by atoms with Crippen LogP contribution in [0.3, 0.4) is 0 Å². The van der Waals surface area contributed by atoms with Crippen LogP contribution in [0.25, 0.3) is 0 Å². The number of amides is 1. The van der Waals surface area contributed by atoms with Gasteiger partial charge in [-0.1, -0.05) is 0 Å². The number of pyridine rings is 1. The van der Waals surface area contributed by atoms with Gasteiger partial charge in [0.25, 0.3) is 5.91 Å². The second-order valence-corrected chi connectivity index (χ2v) is 4.01. The van der Waals surface area contributed by atoms with Crippen LogP contribution >= 0.6 is 0 Å². The van der Waals surface area contributed by atoms with Crippen LogP contribution < -0.4 is 5.32 Å². The number of rotatable bonds is 2. The number of nitrogens with zero attached hydrogens (tertiary/aromatic N) is 2. The van der Waals surface area contributed by atoms with E-state index in [4.69, 9.17) is 5.26 Å². The van der Waals surface area contributed by atoms with Gasteiger partial charge in [-0.05, 0) is 36.8 Å². The van der Waals surface area contributed by atoms with E-state index in [-0.39, 0.29) is 17.2 Å². The topological polar surface area (TPSA) is 65.8 Å². The molecule has 0 spiro atoms. The van der Waals surface area contributed by atoms with E-state index >= 15 is 0 Å². The number of hydrogen-bond donors (Lipinski definition) is 1. The van der Waals surface area contributed by atoms with Crippen LogP contribution in [0.1, 0.15) is 21.5 Å². The minimum Gasteiger partial charge on any atom is -0.321 e. The summed E-state index contributed by atoms with van der Waals surface area (Å²) < 4.78 is 13.0. The lowest BCUT2D eigenvalue weighted by molar-refractivity contribution is 0.102. The van der Waals surface area contributed by atoms with Gasteiger partial charge in [-0.15, -0.1) is 0 Å². The van der Waals surface area contributed by atoms with E-state index < -0.39 is 5.82 Å². The molecule has 0 radical (unpaired) electrons. The van der Waals surface area contributed by atoms with E-state index in [0.717, 1.165) is 11.6 Å². The number of benzene rings is 1. The normalized spacial score (nSPS) is 9.74. The highest BCUT2D eigenvalue weighted by molar-refractivity contribution is 6.04. The zero-order valence-corrected chi connectivity index (χ0v) is 10.1. The molecule has 0 bridgehead atoms. The number of anilines is 1. The maximum atomic E-state index is 13.0. The highest BCUT2D eigenvalue weighted by Gasteiger charge is 2.10. The lowest BCUT2D eigenvalue weighted by atomic mass is 10.1. The summed E-state index contributed by atoms with van der Waals surface area (Å²) in [6.45, 7) is 1.82. The fourth-order valence-corrected chi connectivity index (χ4v) is 1.59. The molecule has 0 atom stereocenters. The molecule has 2 rings (SSSR count). The van der Waals surface area contributed by atoms with Gasteiger partial charge in [0.1, 0.15) is 11.9 Å². The molecular weight excluding hydrogens is 245 g/mol. The van der Waals surface area contributed by atoms with Gasteiger partial charge in [0.2, 0.25) is 0 Å². The van der Waals surface area contributed by atoms with Gasteiger partial charge in [-0.3, -0.25) is 9.78 Å². The Morgan fingerprint density at radius 3 is 2.84 bits per heavy atom. The number of hydrogen-bond acceptors (Lipinski definition) is 3. The zero-order chi connectivity index (χ0) is 13.8. The maximum absolute atomic E-state index is 13.0. The Morgan fingerprint density at radius 1 is 1.37 bits per heavy atom. The van der Waals surface area contributed by atoms with Crippen LogP contribution in [0.15, 0.2) is 36.7 Å². The smallest absolute Gasteiger partial charge is 0.257 e. The van der Waals surface area contributed by atoms with Crippen molar-refractivity contribution in [3.63, 3.8) is 0 Å². The van der Waals surface area contributed by atoms with E-state index in [1.54, 1.807) is 12.3 Å². The van der Waals surface area contributed by atoms with Crippen LogP contribution in [0.5, 0.6) is 0 Å². The Bertz CT molecular complexity index is 677. The second kappa shape index (κ2) is 5.27. The van der Waals surface area contributed by atoms with Crippen molar-refractivity contribution in [1.29, 1.82) is 5.26 Å². The summed E-state index contributed by atoms with van der Waals surface area (Å²) in [5.41, 5.74) is 1.59. The number of aryl methyl sites for hydroxylation is 1. The average molecular weight is 255 g/mol. The SMILES string of the molecule is Cc1cncc(C(=O)Nc2ccc(F)cc2C#N)c1. The molecule has 19 heavy (non-hydrogen) atoms. The molecule has 0 aliphatic heterocycles. The van der Waals surface area contributed by atoms with Crippen molar-refractivity contribution in [3.05, 3.63) is 59.2 Å². The first-order valence-corrected chi connectivity index (χ1v) is 5.53. The summed E-state index contributed by atoms with van der Waals surface area (Å²) in [4.78, 5) is 15.9. The van der Waals surface area contributed by atoms with Crippen LogP contribution in [0, 0.1) is 24.1 Å². The highest BCUT2D eigenvalue weighted by Crippen LogP contribution is 2.17. The van der Waals surface area contributed by atoms with Crippen LogP contribution in [-0.2, 0) is 0 Å². The second-order valence-electron chi connectivity index (χ2n) is 4.01. The maximum Gasteiger partial charge on any atom is 0.257 e. The lowest BCUT2D eigenvalue weighted by Crippen LogP contribution is -2.13. The van der Waals surface area contributed by atoms with Crippen molar-refractivity contribution in [2.24, 2.45) is 0 Å². The fourth-order valence-electron chi connectivity index (χ4n) is 1.59. The molecule has 5 heteroatoms. The molecule has 4 nitrogen and oxygen atoms in total. The van der Waals surface area contributed by atoms with Crippen LogP contribution in [0.2, 0.25) is 0 Å². The minimum absolute atomic E-state index is 0.0777. The molecule has 0 unspecified atom stereocenters. The fraction of sp³-hybridized carbons (Fsp3) is 0.0714. The van der Waals surface area contributed by atoms with Crippen molar-refractivity contribution in [3.8, 4) is 6.07 Å². The van der Waals surface area contributed by atoms with E-state index in [2.05, 4.69) is 10.3 Å². The van der Waals surface area contributed by atoms with Crippen molar-refractivity contribution in [2.45, 2.75) is 6.92 Å². The Labute approximate surface area is 109 Å². The summed E-state index contributed by atoms with van der Waals surface area (Å²) in [7, 11) is 0. The third-order valence-corrected chi connectivity index (χ3v) is 2.49. The monoisotopic (exact) mass is 255 g/mol. The molecule has 0 fully saturated rings. The molecular formula is C14H10FN3O. The summed E-state index contributed by atoms with van der Waals surface area (Å²) in [6, 6.07) is 7.13. The summed E-state index contributed by atoms with van der Waals surface area (Å²) in [5, 5.41) is 11.5. The number of nitrogens with one attached hydrogen (secondary N) is 1. The third-order valence-electron chi connectivity index (χ3n) is 2.49. The predicted molar refractivity (Wildman–Crippen MR) is 68.0 cm³/mol. The third kappa shape index (κ3) is 2.93. The molecule has 1 amide bonds. The molecule has 0 saturated carbocycles. The van der Waals surface area contributed by atoms with E-state index in [1.807, 2.05) is 13.0 Å². The first-order valence-electron chi connectivity index (χ1n) is 5.53. The standard InChI is InChI=1S/C14H10FN3O/c1-9-4-11(8-17-7-9)14(19)18-13-3-2-12(15)5-10(13)6-16/h2-5,7-8H,1H3,(H,18,19). The zero-order valence-electron chi connectivity index (χ0n) is 10.1. The Morgan fingerprint density at radius 2 is 2.16 bits per heavy atom. The first-order chi connectivity index (χ1) is 9.10. The van der Waals surface area contributed by atoms with Crippen LogP contribution in [-0.4, -0.2) is 10.9 Å². The number of nitriles is 1. The van der Waals surface area contributed by atoms with Gasteiger partial charge in [0.05, 0.1) is 16.8 Å². The van der Waals surface area contributed by atoms with E-state index in [0.29, 0.717) is 5.56 Å². The largest absolute Gasteiger partial charge is 0.321 e. The van der Waals surface area contributed by atoms with Crippen molar-refractivity contribution < 1.29 is 9.18 Å². The summed E-state index contributed by atoms with van der Waals surface area (Å²) >= 11 is 0. The van der Waals surface area contributed by atoms with E-state index in [1.165, 1.54) is 18.3 Å².